The first kappa shape index (κ1) is 22.7. The molecule has 0 aliphatic carbocycles. The van der Waals surface area contributed by atoms with Crippen LogP contribution in [0.2, 0.25) is 0 Å². The highest BCUT2D eigenvalue weighted by atomic mass is 16.4. The van der Waals surface area contributed by atoms with Crippen LogP contribution in [0.1, 0.15) is 81.5 Å². The average Bonchev–Trinajstić information content (AvgIpc) is 2.65. The summed E-state index contributed by atoms with van der Waals surface area (Å²) in [6.45, 7) is 1.80. The number of carboxylic acid groups (broad SMARTS) is 1. The van der Waals surface area contributed by atoms with Gasteiger partial charge in [0.15, 0.2) is 0 Å². The van der Waals surface area contributed by atoms with Crippen LogP contribution in [0, 0.1) is 0 Å². The molecule has 0 spiro atoms. The zero-order valence-corrected chi connectivity index (χ0v) is 16.3. The summed E-state index contributed by atoms with van der Waals surface area (Å²) in [5.74, 6) is -1.57. The van der Waals surface area contributed by atoms with E-state index in [2.05, 4.69) is 17.6 Å². The first-order valence-corrected chi connectivity index (χ1v) is 9.93. The van der Waals surface area contributed by atoms with Crippen molar-refractivity contribution in [2.24, 2.45) is 0 Å². The maximum atomic E-state index is 12.0. The molecule has 0 saturated carbocycles. The molecule has 27 heavy (non-hydrogen) atoms. The van der Waals surface area contributed by atoms with Gasteiger partial charge in [-0.05, 0) is 30.7 Å². The van der Waals surface area contributed by atoms with Gasteiger partial charge in [0.1, 0.15) is 6.54 Å². The maximum absolute atomic E-state index is 12.0. The molecule has 0 heterocycles. The fourth-order valence-corrected chi connectivity index (χ4v) is 2.78. The molecule has 1 aromatic carbocycles. The fraction of sp³-hybridized carbons (Fsp3) is 0.571. The Bertz CT molecular complexity index is 584. The number of carbonyl (C=O) groups excluding carboxylic acids is 2. The van der Waals surface area contributed by atoms with Crippen LogP contribution < -0.4 is 10.6 Å². The monoisotopic (exact) mass is 376 g/mol. The van der Waals surface area contributed by atoms with Gasteiger partial charge in [0.25, 0.3) is 5.91 Å². The SMILES string of the molecule is CCCCCCCCCCCC(=O)Nc1ccc(C(=O)NCC(=O)O)cc1. The number of nitrogens with one attached hydrogen (secondary N) is 2. The number of carbonyl (C=O) groups is 3. The summed E-state index contributed by atoms with van der Waals surface area (Å²) >= 11 is 0. The van der Waals surface area contributed by atoms with Crippen LogP contribution in [0.5, 0.6) is 0 Å². The molecular weight excluding hydrogens is 344 g/mol. The van der Waals surface area contributed by atoms with Gasteiger partial charge >= 0.3 is 5.97 Å². The van der Waals surface area contributed by atoms with Gasteiger partial charge in [-0.15, -0.1) is 0 Å². The van der Waals surface area contributed by atoms with Crippen LogP contribution in [0.25, 0.3) is 0 Å². The van der Waals surface area contributed by atoms with Crippen LogP contribution in [0.3, 0.4) is 0 Å². The Labute approximate surface area is 161 Å². The summed E-state index contributed by atoms with van der Waals surface area (Å²) in [5.41, 5.74) is 0.985. The molecular formula is C21H32N2O4. The second-order valence-electron chi connectivity index (χ2n) is 6.78. The molecule has 1 rings (SSSR count). The number of amides is 2. The first-order valence-electron chi connectivity index (χ1n) is 9.93. The van der Waals surface area contributed by atoms with Crippen LogP contribution in [-0.4, -0.2) is 29.4 Å². The highest BCUT2D eigenvalue weighted by molar-refractivity contribution is 5.97. The molecule has 6 heteroatoms. The molecule has 0 radical (unpaired) electrons. The third kappa shape index (κ3) is 11.1. The lowest BCUT2D eigenvalue weighted by atomic mass is 10.1. The minimum atomic E-state index is -1.09. The quantitative estimate of drug-likeness (QED) is 0.420. The number of hydrogen-bond donors (Lipinski definition) is 3. The summed E-state index contributed by atoms with van der Waals surface area (Å²) in [5, 5.41) is 13.7. The molecule has 0 unspecified atom stereocenters. The van der Waals surface area contributed by atoms with Crippen LogP contribution >= 0.6 is 0 Å². The predicted molar refractivity (Wildman–Crippen MR) is 107 cm³/mol. The average molecular weight is 376 g/mol. The number of carboxylic acids is 1. The van der Waals surface area contributed by atoms with E-state index < -0.39 is 18.4 Å². The van der Waals surface area contributed by atoms with Crippen molar-refractivity contribution in [3.8, 4) is 0 Å². The van der Waals surface area contributed by atoms with Crippen molar-refractivity contribution in [2.75, 3.05) is 11.9 Å². The van der Waals surface area contributed by atoms with E-state index in [9.17, 15) is 14.4 Å². The van der Waals surface area contributed by atoms with Crippen molar-refractivity contribution in [3.05, 3.63) is 29.8 Å². The van der Waals surface area contributed by atoms with Crippen molar-refractivity contribution in [2.45, 2.75) is 71.1 Å². The maximum Gasteiger partial charge on any atom is 0.322 e. The number of hydrogen-bond acceptors (Lipinski definition) is 3. The van der Waals surface area contributed by atoms with Gasteiger partial charge in [0.05, 0.1) is 0 Å². The van der Waals surface area contributed by atoms with Crippen molar-refractivity contribution in [1.82, 2.24) is 5.32 Å². The molecule has 150 valence electrons. The summed E-state index contributed by atoms with van der Waals surface area (Å²) in [6.07, 6.45) is 11.4. The van der Waals surface area contributed by atoms with Gasteiger partial charge in [-0.3, -0.25) is 14.4 Å². The third-order valence-corrected chi connectivity index (χ3v) is 4.34. The van der Waals surface area contributed by atoms with Crippen LogP contribution in [0.4, 0.5) is 5.69 Å². The van der Waals surface area contributed by atoms with Gasteiger partial charge in [0.2, 0.25) is 5.91 Å². The zero-order chi connectivity index (χ0) is 19.9. The standard InChI is InChI=1S/C21H32N2O4/c1-2-3-4-5-6-7-8-9-10-11-19(24)23-18-14-12-17(13-15-18)21(27)22-16-20(25)26/h12-15H,2-11,16H2,1H3,(H,22,27)(H,23,24)(H,25,26). The topological polar surface area (TPSA) is 95.5 Å². The molecule has 0 fully saturated rings. The van der Waals surface area contributed by atoms with E-state index in [0.29, 0.717) is 17.7 Å². The van der Waals surface area contributed by atoms with Gasteiger partial charge in [-0.2, -0.15) is 0 Å². The molecule has 3 N–H and O–H groups in total. The highest BCUT2D eigenvalue weighted by Crippen LogP contribution is 2.13. The fourth-order valence-electron chi connectivity index (χ4n) is 2.78. The lowest BCUT2D eigenvalue weighted by Gasteiger charge is -2.07. The Morgan fingerprint density at radius 1 is 0.852 bits per heavy atom. The largest absolute Gasteiger partial charge is 0.480 e. The molecule has 1 aromatic rings. The lowest BCUT2D eigenvalue weighted by molar-refractivity contribution is -0.135. The molecule has 0 saturated heterocycles. The zero-order valence-electron chi connectivity index (χ0n) is 16.3. The van der Waals surface area contributed by atoms with E-state index in [-0.39, 0.29) is 5.91 Å². The molecule has 0 bridgehead atoms. The van der Waals surface area contributed by atoms with Crippen molar-refractivity contribution < 1.29 is 19.5 Å². The number of benzene rings is 1. The Morgan fingerprint density at radius 3 is 1.96 bits per heavy atom. The highest BCUT2D eigenvalue weighted by Gasteiger charge is 2.08. The second-order valence-corrected chi connectivity index (χ2v) is 6.78. The van der Waals surface area contributed by atoms with E-state index in [0.717, 1.165) is 12.8 Å². The molecule has 0 atom stereocenters. The van der Waals surface area contributed by atoms with E-state index in [1.165, 1.54) is 44.9 Å². The van der Waals surface area contributed by atoms with Crippen molar-refractivity contribution in [3.63, 3.8) is 0 Å². The van der Waals surface area contributed by atoms with Gasteiger partial charge in [-0.1, -0.05) is 58.3 Å². The Kier molecular flexibility index (Phi) is 11.6. The lowest BCUT2D eigenvalue weighted by Crippen LogP contribution is -2.29. The van der Waals surface area contributed by atoms with Crippen LogP contribution in [0.15, 0.2) is 24.3 Å². The summed E-state index contributed by atoms with van der Waals surface area (Å²) in [7, 11) is 0. The molecule has 6 nitrogen and oxygen atoms in total. The number of unbranched alkanes of at least 4 members (excludes halogenated alkanes) is 8. The van der Waals surface area contributed by atoms with E-state index in [1.807, 2.05) is 0 Å². The minimum absolute atomic E-state index is 0.0268. The van der Waals surface area contributed by atoms with E-state index in [4.69, 9.17) is 5.11 Å². The molecule has 0 aliphatic heterocycles. The normalized spacial score (nSPS) is 10.4. The number of aliphatic carboxylic acids is 1. The van der Waals surface area contributed by atoms with Gasteiger partial charge in [-0.25, -0.2) is 0 Å². The smallest absolute Gasteiger partial charge is 0.322 e. The van der Waals surface area contributed by atoms with Crippen molar-refractivity contribution >= 4 is 23.5 Å². The third-order valence-electron chi connectivity index (χ3n) is 4.34. The van der Waals surface area contributed by atoms with E-state index >= 15 is 0 Å². The number of rotatable bonds is 14. The van der Waals surface area contributed by atoms with E-state index in [1.54, 1.807) is 24.3 Å². The first-order chi connectivity index (χ1) is 13.0. The minimum Gasteiger partial charge on any atom is -0.480 e. The Balaban J connectivity index is 2.17. The summed E-state index contributed by atoms with van der Waals surface area (Å²) in [4.78, 5) is 34.1. The molecule has 2 amide bonds. The Morgan fingerprint density at radius 2 is 1.41 bits per heavy atom. The summed E-state index contributed by atoms with van der Waals surface area (Å²) in [6, 6.07) is 6.41. The second kappa shape index (κ2) is 13.8. The van der Waals surface area contributed by atoms with Gasteiger partial charge < -0.3 is 15.7 Å². The molecule has 0 aromatic heterocycles. The van der Waals surface area contributed by atoms with Crippen molar-refractivity contribution in [1.29, 1.82) is 0 Å². The molecule has 0 aliphatic rings. The predicted octanol–water partition coefficient (Wildman–Crippen LogP) is 4.36. The van der Waals surface area contributed by atoms with Gasteiger partial charge in [0, 0.05) is 17.7 Å². The Hall–Kier alpha value is -2.37. The van der Waals surface area contributed by atoms with Crippen LogP contribution in [-0.2, 0) is 9.59 Å². The summed E-state index contributed by atoms with van der Waals surface area (Å²) < 4.78 is 0. The number of anilines is 1.